The molecular formula is C23H21N3O3S. The number of hydrogen-bond donors (Lipinski definition) is 0. The summed E-state index contributed by atoms with van der Waals surface area (Å²) in [7, 11) is 1.93. The molecule has 152 valence electrons. The molecule has 5 rings (SSSR count). The lowest BCUT2D eigenvalue weighted by Gasteiger charge is -2.31. The first kappa shape index (κ1) is 18.7. The molecule has 30 heavy (non-hydrogen) atoms. The predicted octanol–water partition coefficient (Wildman–Crippen LogP) is 4.12. The summed E-state index contributed by atoms with van der Waals surface area (Å²) >= 11 is 1.51. The maximum atomic E-state index is 13.5. The van der Waals surface area contributed by atoms with Crippen molar-refractivity contribution < 1.29 is 14.3 Å². The first-order chi connectivity index (χ1) is 14.7. The molecule has 0 saturated heterocycles. The Balaban J connectivity index is 1.41. The number of benzene rings is 2. The molecule has 7 heteroatoms. The first-order valence-electron chi connectivity index (χ1n) is 9.80. The minimum Gasteiger partial charge on any atom is -0.486 e. The smallest absolute Gasteiger partial charge is 0.264 e. The van der Waals surface area contributed by atoms with Crippen LogP contribution in [-0.2, 0) is 13.6 Å². The second-order valence-electron chi connectivity index (χ2n) is 7.29. The number of nitrogens with zero attached hydrogens (tertiary/aromatic N) is 3. The van der Waals surface area contributed by atoms with Crippen LogP contribution in [0.3, 0.4) is 0 Å². The van der Waals surface area contributed by atoms with Crippen molar-refractivity contribution in [3.63, 3.8) is 0 Å². The van der Waals surface area contributed by atoms with E-state index in [1.807, 2.05) is 72.4 Å². The molecule has 1 aliphatic rings. The van der Waals surface area contributed by atoms with Crippen LogP contribution in [0.25, 0.3) is 10.1 Å². The molecule has 0 N–H and O–H groups in total. The highest BCUT2D eigenvalue weighted by atomic mass is 32.1. The molecule has 0 spiro atoms. The Morgan fingerprint density at radius 3 is 2.80 bits per heavy atom. The Morgan fingerprint density at radius 1 is 1.20 bits per heavy atom. The number of hydrogen-bond acceptors (Lipinski definition) is 5. The SMILES string of the molecule is Cn1ccnc1CN(C[C@H]1COc2ccccc2O1)C(=O)c1cc2ccccc2s1. The van der Waals surface area contributed by atoms with Crippen LogP contribution < -0.4 is 9.47 Å². The number of carbonyl (C=O) groups excluding carboxylic acids is 1. The summed E-state index contributed by atoms with van der Waals surface area (Å²) in [5.74, 6) is 2.24. The fourth-order valence-electron chi connectivity index (χ4n) is 3.58. The number of amides is 1. The number of rotatable bonds is 5. The largest absolute Gasteiger partial charge is 0.486 e. The number of fused-ring (bicyclic) bond motifs is 2. The molecule has 0 bridgehead atoms. The molecular weight excluding hydrogens is 398 g/mol. The van der Waals surface area contributed by atoms with Crippen molar-refractivity contribution in [2.75, 3.05) is 13.2 Å². The standard InChI is InChI=1S/C23H21N3O3S/c1-25-11-10-24-22(25)14-26(13-17-15-28-18-7-3-4-8-19(18)29-17)23(27)21-12-16-6-2-5-9-20(16)30-21/h2-12,17H,13-15H2,1H3/t17-/m0/s1. The van der Waals surface area contributed by atoms with Crippen LogP contribution in [0.15, 0.2) is 67.0 Å². The van der Waals surface area contributed by atoms with Crippen molar-refractivity contribution in [2.24, 2.45) is 7.05 Å². The lowest BCUT2D eigenvalue weighted by atomic mass is 10.2. The molecule has 1 aliphatic heterocycles. The lowest BCUT2D eigenvalue weighted by molar-refractivity contribution is 0.0440. The summed E-state index contributed by atoms with van der Waals surface area (Å²) in [6.45, 7) is 1.21. The van der Waals surface area contributed by atoms with Gasteiger partial charge >= 0.3 is 0 Å². The average Bonchev–Trinajstić information content (AvgIpc) is 3.38. The van der Waals surface area contributed by atoms with Crippen LogP contribution >= 0.6 is 11.3 Å². The average molecular weight is 420 g/mol. The van der Waals surface area contributed by atoms with Crippen molar-refractivity contribution in [2.45, 2.75) is 12.6 Å². The van der Waals surface area contributed by atoms with Crippen LogP contribution in [-0.4, -0.2) is 39.6 Å². The van der Waals surface area contributed by atoms with Crippen LogP contribution in [0.4, 0.5) is 0 Å². The van der Waals surface area contributed by atoms with E-state index in [-0.39, 0.29) is 12.0 Å². The van der Waals surface area contributed by atoms with E-state index in [1.54, 1.807) is 11.1 Å². The Hall–Kier alpha value is -3.32. The van der Waals surface area contributed by atoms with E-state index in [9.17, 15) is 4.79 Å². The van der Waals surface area contributed by atoms with E-state index in [1.165, 1.54) is 11.3 Å². The van der Waals surface area contributed by atoms with Crippen LogP contribution in [0.5, 0.6) is 11.5 Å². The third-order valence-electron chi connectivity index (χ3n) is 5.17. The molecule has 1 atom stereocenters. The van der Waals surface area contributed by atoms with Gasteiger partial charge in [0, 0.05) is 24.1 Å². The molecule has 6 nitrogen and oxygen atoms in total. The monoisotopic (exact) mass is 419 g/mol. The number of aromatic nitrogens is 2. The second-order valence-corrected chi connectivity index (χ2v) is 8.37. The highest BCUT2D eigenvalue weighted by molar-refractivity contribution is 7.20. The van der Waals surface area contributed by atoms with Gasteiger partial charge in [0.1, 0.15) is 12.4 Å². The normalized spacial score (nSPS) is 15.3. The summed E-state index contributed by atoms with van der Waals surface area (Å²) in [6, 6.07) is 17.6. The summed E-state index contributed by atoms with van der Waals surface area (Å²) < 4.78 is 15.0. The van der Waals surface area contributed by atoms with Crippen molar-refractivity contribution >= 4 is 27.3 Å². The zero-order valence-corrected chi connectivity index (χ0v) is 17.3. The molecule has 2 aromatic heterocycles. The molecule has 3 heterocycles. The highest BCUT2D eigenvalue weighted by Gasteiger charge is 2.27. The van der Waals surface area contributed by atoms with Gasteiger partial charge < -0.3 is 18.9 Å². The molecule has 0 unspecified atom stereocenters. The minimum absolute atomic E-state index is 0.0262. The summed E-state index contributed by atoms with van der Waals surface area (Å²) in [4.78, 5) is 20.4. The topological polar surface area (TPSA) is 56.6 Å². The first-order valence-corrected chi connectivity index (χ1v) is 10.6. The third kappa shape index (κ3) is 3.64. The van der Waals surface area contributed by atoms with Gasteiger partial charge in [0.05, 0.1) is 18.0 Å². The van der Waals surface area contributed by atoms with E-state index in [2.05, 4.69) is 4.98 Å². The van der Waals surface area contributed by atoms with E-state index < -0.39 is 0 Å². The van der Waals surface area contributed by atoms with E-state index in [0.29, 0.717) is 30.3 Å². The third-order valence-corrected chi connectivity index (χ3v) is 6.27. The van der Waals surface area contributed by atoms with Crippen LogP contribution in [0.2, 0.25) is 0 Å². The Kier molecular flexibility index (Phi) is 4.88. The quantitative estimate of drug-likeness (QED) is 0.488. The van der Waals surface area contributed by atoms with Gasteiger partial charge in [-0.15, -0.1) is 11.3 Å². The van der Waals surface area contributed by atoms with Crippen molar-refractivity contribution in [1.29, 1.82) is 0 Å². The summed E-state index contributed by atoms with van der Waals surface area (Å²) in [5.41, 5.74) is 0. The number of carbonyl (C=O) groups is 1. The Bertz CT molecular complexity index is 1170. The van der Waals surface area contributed by atoms with Crippen molar-refractivity contribution in [1.82, 2.24) is 14.5 Å². The summed E-state index contributed by atoms with van der Waals surface area (Å²) in [5, 5.41) is 1.08. The molecule has 0 aliphatic carbocycles. The maximum Gasteiger partial charge on any atom is 0.264 e. The second kappa shape index (κ2) is 7.84. The molecule has 0 fully saturated rings. The van der Waals surface area contributed by atoms with Gasteiger partial charge in [-0.1, -0.05) is 30.3 Å². The van der Waals surface area contributed by atoms with E-state index in [0.717, 1.165) is 21.7 Å². The number of imidazole rings is 1. The lowest BCUT2D eigenvalue weighted by Crippen LogP contribution is -2.43. The van der Waals surface area contributed by atoms with Gasteiger partial charge in [-0.25, -0.2) is 4.98 Å². The van der Waals surface area contributed by atoms with Crippen LogP contribution in [0.1, 0.15) is 15.5 Å². The molecule has 0 saturated carbocycles. The van der Waals surface area contributed by atoms with Gasteiger partial charge in [-0.05, 0) is 29.7 Å². The number of aryl methyl sites for hydroxylation is 1. The number of thiophene rings is 1. The summed E-state index contributed by atoms with van der Waals surface area (Å²) in [6.07, 6.45) is 3.38. The molecule has 1 amide bonds. The number of para-hydroxylation sites is 2. The van der Waals surface area contributed by atoms with Gasteiger partial charge in [0.2, 0.25) is 0 Å². The zero-order valence-electron chi connectivity index (χ0n) is 16.5. The van der Waals surface area contributed by atoms with Gasteiger partial charge in [0.15, 0.2) is 17.6 Å². The fraction of sp³-hybridized carbons (Fsp3) is 0.217. The Morgan fingerprint density at radius 2 is 2.00 bits per heavy atom. The minimum atomic E-state index is -0.251. The molecule has 4 aromatic rings. The van der Waals surface area contributed by atoms with Gasteiger partial charge in [-0.2, -0.15) is 0 Å². The highest BCUT2D eigenvalue weighted by Crippen LogP contribution is 2.32. The zero-order chi connectivity index (χ0) is 20.5. The maximum absolute atomic E-state index is 13.5. The van der Waals surface area contributed by atoms with Crippen molar-refractivity contribution in [3.05, 3.63) is 77.7 Å². The molecule has 0 radical (unpaired) electrons. The van der Waals surface area contributed by atoms with Gasteiger partial charge in [-0.3, -0.25) is 4.79 Å². The number of ether oxygens (including phenoxy) is 2. The predicted molar refractivity (Wildman–Crippen MR) is 116 cm³/mol. The van der Waals surface area contributed by atoms with Crippen molar-refractivity contribution in [3.8, 4) is 11.5 Å². The van der Waals surface area contributed by atoms with E-state index >= 15 is 0 Å². The van der Waals surface area contributed by atoms with E-state index in [4.69, 9.17) is 9.47 Å². The fourth-order valence-corrected chi connectivity index (χ4v) is 4.61. The van der Waals surface area contributed by atoms with Gasteiger partial charge in [0.25, 0.3) is 5.91 Å². The Labute approximate surface area is 178 Å². The molecule has 2 aromatic carbocycles. The van der Waals surface area contributed by atoms with Crippen LogP contribution in [0, 0.1) is 0 Å².